The molecule has 0 aliphatic carbocycles. The van der Waals surface area contributed by atoms with Crippen molar-refractivity contribution in [3.05, 3.63) is 18.0 Å². The van der Waals surface area contributed by atoms with Crippen molar-refractivity contribution in [1.82, 2.24) is 14.9 Å². The van der Waals surface area contributed by atoms with Gasteiger partial charge in [-0.15, -0.1) is 0 Å². The van der Waals surface area contributed by atoms with Crippen LogP contribution < -0.4 is 4.90 Å². The van der Waals surface area contributed by atoms with Crippen molar-refractivity contribution >= 4 is 11.9 Å². The zero-order valence-electron chi connectivity index (χ0n) is 12.7. The van der Waals surface area contributed by atoms with Crippen LogP contribution in [-0.2, 0) is 0 Å². The maximum Gasteiger partial charge on any atom is 0.256 e. The molecular formula is C15H24N4O. The summed E-state index contributed by atoms with van der Waals surface area (Å²) in [6, 6.07) is 0. The molecule has 0 unspecified atom stereocenters. The maximum absolute atomic E-state index is 12.2. The molecule has 1 aromatic heterocycles. The Morgan fingerprint density at radius 2 is 1.80 bits per heavy atom. The van der Waals surface area contributed by atoms with E-state index in [2.05, 4.69) is 21.8 Å². The number of aromatic nitrogens is 2. The van der Waals surface area contributed by atoms with E-state index in [1.54, 1.807) is 17.3 Å². The predicted octanol–water partition coefficient (Wildman–Crippen LogP) is 2.19. The first-order valence-electron chi connectivity index (χ1n) is 7.52. The smallest absolute Gasteiger partial charge is 0.256 e. The Bertz CT molecular complexity index is 434. The van der Waals surface area contributed by atoms with Gasteiger partial charge >= 0.3 is 0 Å². The average Bonchev–Trinajstić information content (AvgIpc) is 2.49. The van der Waals surface area contributed by atoms with E-state index in [-0.39, 0.29) is 5.91 Å². The van der Waals surface area contributed by atoms with Gasteiger partial charge in [-0.2, -0.15) is 0 Å². The normalized spacial score (nSPS) is 16.2. The SMILES string of the molecule is CCN(CC)C(=O)c1cnc(N2CCC(C)CC2)nc1. The van der Waals surface area contributed by atoms with Crippen molar-refractivity contribution in [3.8, 4) is 0 Å². The highest BCUT2D eigenvalue weighted by Gasteiger charge is 2.19. The highest BCUT2D eigenvalue weighted by Crippen LogP contribution is 2.19. The third kappa shape index (κ3) is 3.26. The molecule has 0 radical (unpaired) electrons. The van der Waals surface area contributed by atoms with E-state index in [0.29, 0.717) is 18.7 Å². The summed E-state index contributed by atoms with van der Waals surface area (Å²) in [7, 11) is 0. The van der Waals surface area contributed by atoms with Gasteiger partial charge in [0.2, 0.25) is 5.95 Å². The van der Waals surface area contributed by atoms with E-state index in [9.17, 15) is 4.79 Å². The summed E-state index contributed by atoms with van der Waals surface area (Å²) in [4.78, 5) is 24.9. The van der Waals surface area contributed by atoms with Gasteiger partial charge in [0.1, 0.15) is 0 Å². The van der Waals surface area contributed by atoms with Gasteiger partial charge in [-0.25, -0.2) is 9.97 Å². The standard InChI is InChI=1S/C15H24N4O/c1-4-18(5-2)14(20)13-10-16-15(17-11-13)19-8-6-12(3)7-9-19/h10-12H,4-9H2,1-3H3. The van der Waals surface area contributed by atoms with Crippen LogP contribution in [0.1, 0.15) is 44.0 Å². The summed E-state index contributed by atoms with van der Waals surface area (Å²) < 4.78 is 0. The second-order valence-corrected chi connectivity index (χ2v) is 5.42. The fourth-order valence-corrected chi connectivity index (χ4v) is 2.50. The zero-order chi connectivity index (χ0) is 14.5. The number of anilines is 1. The highest BCUT2D eigenvalue weighted by atomic mass is 16.2. The maximum atomic E-state index is 12.2. The molecule has 1 aromatic rings. The minimum absolute atomic E-state index is 0.00816. The Labute approximate surface area is 121 Å². The van der Waals surface area contributed by atoms with Crippen LogP contribution in [0.4, 0.5) is 5.95 Å². The van der Waals surface area contributed by atoms with Crippen LogP contribution in [0.2, 0.25) is 0 Å². The number of amides is 1. The topological polar surface area (TPSA) is 49.3 Å². The molecule has 1 aliphatic rings. The van der Waals surface area contributed by atoms with Crippen molar-refractivity contribution in [2.75, 3.05) is 31.1 Å². The first-order valence-corrected chi connectivity index (χ1v) is 7.52. The number of carbonyl (C=O) groups is 1. The Kier molecular flexibility index (Phi) is 4.93. The lowest BCUT2D eigenvalue weighted by molar-refractivity contribution is 0.0772. The second-order valence-electron chi connectivity index (χ2n) is 5.42. The molecule has 2 rings (SSSR count). The molecule has 20 heavy (non-hydrogen) atoms. The summed E-state index contributed by atoms with van der Waals surface area (Å²) in [5.41, 5.74) is 0.572. The molecule has 0 N–H and O–H groups in total. The third-order valence-corrected chi connectivity index (χ3v) is 4.00. The number of hydrogen-bond acceptors (Lipinski definition) is 4. The Balaban J connectivity index is 2.04. The van der Waals surface area contributed by atoms with Crippen LogP contribution in [0.15, 0.2) is 12.4 Å². The molecular weight excluding hydrogens is 252 g/mol. The fourth-order valence-electron chi connectivity index (χ4n) is 2.50. The Hall–Kier alpha value is -1.65. The van der Waals surface area contributed by atoms with Gasteiger partial charge in [-0.1, -0.05) is 6.92 Å². The lowest BCUT2D eigenvalue weighted by Crippen LogP contribution is -2.34. The van der Waals surface area contributed by atoms with Gasteiger partial charge < -0.3 is 9.80 Å². The molecule has 1 fully saturated rings. The first-order chi connectivity index (χ1) is 9.65. The number of nitrogens with zero attached hydrogens (tertiary/aromatic N) is 4. The van der Waals surface area contributed by atoms with E-state index in [1.165, 1.54) is 12.8 Å². The molecule has 5 heteroatoms. The van der Waals surface area contributed by atoms with E-state index in [1.807, 2.05) is 13.8 Å². The van der Waals surface area contributed by atoms with Gasteiger partial charge in [0, 0.05) is 38.6 Å². The molecule has 1 aliphatic heterocycles. The Morgan fingerprint density at radius 3 is 2.30 bits per heavy atom. The van der Waals surface area contributed by atoms with Crippen molar-refractivity contribution in [2.24, 2.45) is 5.92 Å². The largest absolute Gasteiger partial charge is 0.341 e. The van der Waals surface area contributed by atoms with Crippen molar-refractivity contribution < 1.29 is 4.79 Å². The zero-order valence-corrected chi connectivity index (χ0v) is 12.7. The van der Waals surface area contributed by atoms with Gasteiger partial charge in [0.15, 0.2) is 0 Å². The average molecular weight is 276 g/mol. The lowest BCUT2D eigenvalue weighted by Gasteiger charge is -2.30. The molecule has 5 nitrogen and oxygen atoms in total. The van der Waals surface area contributed by atoms with Crippen molar-refractivity contribution in [1.29, 1.82) is 0 Å². The molecule has 1 saturated heterocycles. The summed E-state index contributed by atoms with van der Waals surface area (Å²) >= 11 is 0. The van der Waals surface area contributed by atoms with Crippen LogP contribution in [0, 0.1) is 5.92 Å². The van der Waals surface area contributed by atoms with Crippen LogP contribution in [0.25, 0.3) is 0 Å². The van der Waals surface area contributed by atoms with Crippen LogP contribution in [-0.4, -0.2) is 47.0 Å². The number of hydrogen-bond donors (Lipinski definition) is 0. The van der Waals surface area contributed by atoms with Crippen LogP contribution in [0.5, 0.6) is 0 Å². The van der Waals surface area contributed by atoms with E-state index in [4.69, 9.17) is 0 Å². The van der Waals surface area contributed by atoms with Crippen molar-refractivity contribution in [2.45, 2.75) is 33.6 Å². The van der Waals surface area contributed by atoms with Crippen LogP contribution in [0.3, 0.4) is 0 Å². The molecule has 110 valence electrons. The molecule has 0 spiro atoms. The fraction of sp³-hybridized carbons (Fsp3) is 0.667. The van der Waals surface area contributed by atoms with E-state index < -0.39 is 0 Å². The summed E-state index contributed by atoms with van der Waals surface area (Å²) in [6.07, 6.45) is 5.68. The second kappa shape index (κ2) is 6.68. The summed E-state index contributed by atoms with van der Waals surface area (Å²) in [6.45, 7) is 9.66. The van der Waals surface area contributed by atoms with Crippen LogP contribution >= 0.6 is 0 Å². The van der Waals surface area contributed by atoms with E-state index in [0.717, 1.165) is 25.0 Å². The molecule has 2 heterocycles. The van der Waals surface area contributed by atoms with Gasteiger partial charge in [0.25, 0.3) is 5.91 Å². The minimum atomic E-state index is 0.00816. The van der Waals surface area contributed by atoms with Gasteiger partial charge in [-0.3, -0.25) is 4.79 Å². The first kappa shape index (κ1) is 14.8. The Morgan fingerprint density at radius 1 is 1.25 bits per heavy atom. The monoisotopic (exact) mass is 276 g/mol. The van der Waals surface area contributed by atoms with E-state index >= 15 is 0 Å². The quantitative estimate of drug-likeness (QED) is 0.846. The molecule has 1 amide bonds. The number of piperidine rings is 1. The predicted molar refractivity (Wildman–Crippen MR) is 79.9 cm³/mol. The molecule has 0 saturated carbocycles. The molecule has 0 bridgehead atoms. The summed E-state index contributed by atoms with van der Waals surface area (Å²) in [5, 5.41) is 0. The minimum Gasteiger partial charge on any atom is -0.341 e. The highest BCUT2D eigenvalue weighted by molar-refractivity contribution is 5.93. The third-order valence-electron chi connectivity index (χ3n) is 4.00. The van der Waals surface area contributed by atoms with Crippen molar-refractivity contribution in [3.63, 3.8) is 0 Å². The van der Waals surface area contributed by atoms with Gasteiger partial charge in [-0.05, 0) is 32.6 Å². The number of rotatable bonds is 4. The van der Waals surface area contributed by atoms with Gasteiger partial charge in [0.05, 0.1) is 5.56 Å². The lowest BCUT2D eigenvalue weighted by atomic mass is 10.00. The number of carbonyl (C=O) groups excluding carboxylic acids is 1. The molecule has 0 aromatic carbocycles. The molecule has 0 atom stereocenters. The summed E-state index contributed by atoms with van der Waals surface area (Å²) in [5.74, 6) is 1.54.